The van der Waals surface area contributed by atoms with Gasteiger partial charge in [0, 0.05) is 12.8 Å². The molecule has 3 nitrogen and oxygen atoms in total. The Balaban J connectivity index is 1.19. The topological polar surface area (TPSA) is 38.7 Å². The lowest BCUT2D eigenvalue weighted by Crippen LogP contribution is -2.49. The zero-order valence-electron chi connectivity index (χ0n) is 21.8. The molecule has 0 aromatic rings. The van der Waals surface area contributed by atoms with E-state index in [1.165, 1.54) is 70.6 Å². The van der Waals surface area contributed by atoms with E-state index >= 15 is 0 Å². The first-order valence-electron chi connectivity index (χ1n) is 15.2. The van der Waals surface area contributed by atoms with Gasteiger partial charge in [0.25, 0.3) is 0 Å². The number of rotatable bonds is 3. The van der Waals surface area contributed by atoms with Crippen molar-refractivity contribution in [2.24, 2.45) is 52.8 Å². The number of fused-ring (bicyclic) bond motifs is 4. The molecule has 0 bridgehead atoms. The second kappa shape index (κ2) is 8.32. The molecular weight excluding hydrogens is 420 g/mol. The molecule has 0 aromatic carbocycles. The van der Waals surface area contributed by atoms with Crippen molar-refractivity contribution in [2.45, 2.75) is 116 Å². The molecule has 0 aromatic heterocycles. The summed E-state index contributed by atoms with van der Waals surface area (Å²) in [6.45, 7) is 6.60. The van der Waals surface area contributed by atoms with Gasteiger partial charge >= 0.3 is 0 Å². The number of aliphatic hydroxyl groups is 1. The van der Waals surface area contributed by atoms with E-state index in [1.807, 2.05) is 11.1 Å². The second-order valence-electron chi connectivity index (χ2n) is 14.1. The Kier molecular flexibility index (Phi) is 5.57. The van der Waals surface area contributed by atoms with Crippen molar-refractivity contribution in [3.63, 3.8) is 0 Å². The van der Waals surface area contributed by atoms with Crippen LogP contribution in [-0.4, -0.2) is 30.2 Å². The molecule has 7 atom stereocenters. The molecule has 190 valence electrons. The molecule has 1 N–H and O–H groups in total. The number of aliphatic hydroxyl groups excluding tert-OH is 1. The Bertz CT molecular complexity index is 815. The summed E-state index contributed by atoms with van der Waals surface area (Å²) in [6.07, 6.45) is 18.3. The summed E-state index contributed by atoms with van der Waals surface area (Å²) in [4.78, 5) is 0. The third kappa shape index (κ3) is 3.53. The van der Waals surface area contributed by atoms with Gasteiger partial charge in [-0.25, -0.2) is 0 Å². The minimum atomic E-state index is -0.263. The third-order valence-corrected chi connectivity index (χ3v) is 12.6. The standard InChI is InChI=1S/C31H48O3/c1-19(20-3-4-20)21-5-7-22(8-6-21)26-18-30(2)27(11-12-28(30)32)25-10-9-23-17-31(33-15-16-34-31)14-13-24(23)29(25)26/h19-23,25-28,32H,3-18H2,1-2H3/t19?,21?,22?,23?,25?,26?,27?,28-,30-/m0/s1. The Hall–Kier alpha value is -0.380. The van der Waals surface area contributed by atoms with E-state index in [0.717, 1.165) is 68.0 Å². The zero-order chi connectivity index (χ0) is 23.1. The van der Waals surface area contributed by atoms with Crippen molar-refractivity contribution >= 4 is 0 Å². The van der Waals surface area contributed by atoms with Gasteiger partial charge < -0.3 is 14.6 Å². The van der Waals surface area contributed by atoms with Crippen molar-refractivity contribution in [2.75, 3.05) is 13.2 Å². The Morgan fingerprint density at radius 1 is 0.824 bits per heavy atom. The summed E-state index contributed by atoms with van der Waals surface area (Å²) >= 11 is 0. The van der Waals surface area contributed by atoms with Gasteiger partial charge in [-0.3, -0.25) is 0 Å². The van der Waals surface area contributed by atoms with Gasteiger partial charge in [0.2, 0.25) is 0 Å². The predicted molar refractivity (Wildman–Crippen MR) is 134 cm³/mol. The largest absolute Gasteiger partial charge is 0.393 e. The van der Waals surface area contributed by atoms with Crippen molar-refractivity contribution in [1.29, 1.82) is 0 Å². The van der Waals surface area contributed by atoms with Crippen LogP contribution in [0.2, 0.25) is 0 Å². The second-order valence-corrected chi connectivity index (χ2v) is 14.1. The fourth-order valence-electron chi connectivity index (χ4n) is 10.5. The minimum absolute atomic E-state index is 0.0783. The minimum Gasteiger partial charge on any atom is -0.393 e. The summed E-state index contributed by atoms with van der Waals surface area (Å²) in [5, 5.41) is 11.2. The SMILES string of the molecule is CC(C1CCC(C2C[C@@]3(C)C(CC[C@@H]3O)C3CCC4CC5(CCC4=C23)OCCO5)CC1)C1CC1. The molecule has 5 saturated carbocycles. The Morgan fingerprint density at radius 3 is 2.24 bits per heavy atom. The normalized spacial score (nSPS) is 49.0. The molecule has 1 saturated heterocycles. The summed E-state index contributed by atoms with van der Waals surface area (Å²) in [7, 11) is 0. The number of hydrogen-bond acceptors (Lipinski definition) is 3. The maximum Gasteiger partial charge on any atom is 0.169 e. The van der Waals surface area contributed by atoms with Crippen LogP contribution in [0.15, 0.2) is 11.1 Å². The van der Waals surface area contributed by atoms with Crippen LogP contribution in [0.25, 0.3) is 0 Å². The first-order valence-corrected chi connectivity index (χ1v) is 15.2. The van der Waals surface area contributed by atoms with Gasteiger partial charge in [-0.1, -0.05) is 25.0 Å². The summed E-state index contributed by atoms with van der Waals surface area (Å²) in [5.74, 6) is 6.45. The van der Waals surface area contributed by atoms with Gasteiger partial charge in [-0.15, -0.1) is 0 Å². The summed E-state index contributed by atoms with van der Waals surface area (Å²) in [6, 6.07) is 0. The van der Waals surface area contributed by atoms with Crippen LogP contribution in [0.5, 0.6) is 0 Å². The average Bonchev–Trinajstić information content (AvgIpc) is 3.54. The molecule has 3 heteroatoms. The number of allylic oxidation sites excluding steroid dienone is 2. The van der Waals surface area contributed by atoms with Crippen LogP contribution in [0.3, 0.4) is 0 Å². The molecule has 1 heterocycles. The van der Waals surface area contributed by atoms with Crippen molar-refractivity contribution in [3.05, 3.63) is 11.1 Å². The highest BCUT2D eigenvalue weighted by atomic mass is 16.7. The van der Waals surface area contributed by atoms with Crippen LogP contribution in [0.1, 0.15) is 104 Å². The fraction of sp³-hybridized carbons (Fsp3) is 0.935. The molecular formula is C31H48O3. The van der Waals surface area contributed by atoms with Gasteiger partial charge in [0.1, 0.15) is 0 Å². The lowest BCUT2D eigenvalue weighted by atomic mass is 9.50. The Labute approximate surface area is 207 Å². The van der Waals surface area contributed by atoms with Crippen LogP contribution >= 0.6 is 0 Å². The van der Waals surface area contributed by atoms with Gasteiger partial charge in [-0.05, 0) is 130 Å². The first-order chi connectivity index (χ1) is 16.5. The summed E-state index contributed by atoms with van der Waals surface area (Å²) < 4.78 is 12.4. The third-order valence-electron chi connectivity index (χ3n) is 12.6. The average molecular weight is 469 g/mol. The van der Waals surface area contributed by atoms with E-state index in [1.54, 1.807) is 0 Å². The first kappa shape index (κ1) is 22.8. The lowest BCUT2D eigenvalue weighted by molar-refractivity contribution is -0.181. The predicted octanol–water partition coefficient (Wildman–Crippen LogP) is 6.89. The summed E-state index contributed by atoms with van der Waals surface area (Å²) in [5.41, 5.74) is 3.93. The van der Waals surface area contributed by atoms with E-state index in [2.05, 4.69) is 13.8 Å². The van der Waals surface area contributed by atoms with E-state index in [0.29, 0.717) is 11.8 Å². The molecule has 7 aliphatic rings. The molecule has 0 radical (unpaired) electrons. The maximum absolute atomic E-state index is 11.2. The molecule has 7 rings (SSSR count). The van der Waals surface area contributed by atoms with Crippen LogP contribution in [0.4, 0.5) is 0 Å². The molecule has 34 heavy (non-hydrogen) atoms. The van der Waals surface area contributed by atoms with Crippen LogP contribution in [-0.2, 0) is 9.47 Å². The highest BCUT2D eigenvalue weighted by molar-refractivity contribution is 5.33. The van der Waals surface area contributed by atoms with E-state index < -0.39 is 0 Å². The van der Waals surface area contributed by atoms with Crippen molar-refractivity contribution in [1.82, 2.24) is 0 Å². The quantitative estimate of drug-likeness (QED) is 0.459. The highest BCUT2D eigenvalue weighted by Crippen LogP contribution is 2.65. The van der Waals surface area contributed by atoms with Crippen molar-refractivity contribution < 1.29 is 14.6 Å². The van der Waals surface area contributed by atoms with Crippen molar-refractivity contribution in [3.8, 4) is 0 Å². The molecule has 6 fully saturated rings. The fourth-order valence-corrected chi connectivity index (χ4v) is 10.5. The van der Waals surface area contributed by atoms with E-state index in [4.69, 9.17) is 9.47 Å². The molecule has 6 aliphatic carbocycles. The smallest absolute Gasteiger partial charge is 0.169 e. The van der Waals surface area contributed by atoms with E-state index in [-0.39, 0.29) is 17.3 Å². The van der Waals surface area contributed by atoms with Gasteiger partial charge in [-0.2, -0.15) is 0 Å². The monoisotopic (exact) mass is 468 g/mol. The number of hydrogen-bond donors (Lipinski definition) is 1. The highest BCUT2D eigenvalue weighted by Gasteiger charge is 2.58. The van der Waals surface area contributed by atoms with Gasteiger partial charge in [0.15, 0.2) is 5.79 Å². The molecule has 0 amide bonds. The lowest BCUT2D eigenvalue weighted by Gasteiger charge is -2.56. The Morgan fingerprint density at radius 2 is 1.53 bits per heavy atom. The molecule has 1 spiro atoms. The zero-order valence-corrected chi connectivity index (χ0v) is 21.8. The van der Waals surface area contributed by atoms with Gasteiger partial charge in [0.05, 0.1) is 19.3 Å². The number of ether oxygens (including phenoxy) is 2. The van der Waals surface area contributed by atoms with Crippen LogP contribution in [0, 0.1) is 52.8 Å². The maximum atomic E-state index is 11.2. The van der Waals surface area contributed by atoms with E-state index in [9.17, 15) is 5.11 Å². The van der Waals surface area contributed by atoms with Crippen LogP contribution < -0.4 is 0 Å². The molecule has 5 unspecified atom stereocenters. The molecule has 1 aliphatic heterocycles.